The number of methoxy groups -OCH3 is 1. The van der Waals surface area contributed by atoms with Gasteiger partial charge in [0, 0.05) is 50.8 Å². The first-order chi connectivity index (χ1) is 23.9. The van der Waals surface area contributed by atoms with Crippen LogP contribution in [0.1, 0.15) is 59.3 Å². The minimum absolute atomic E-state index is 0.0774. The van der Waals surface area contributed by atoms with Crippen molar-refractivity contribution >= 4 is 52.4 Å². The lowest BCUT2D eigenvalue weighted by atomic mass is 9.91. The number of amides is 3. The summed E-state index contributed by atoms with van der Waals surface area (Å²) < 4.78 is 13.0. The number of hydrogen-bond acceptors (Lipinski definition) is 10. The quantitative estimate of drug-likeness (QED) is 0.182. The van der Waals surface area contributed by atoms with E-state index in [0.717, 1.165) is 25.7 Å². The fraction of sp³-hybridized carbons (Fsp3) is 0.514. The molecule has 2 aromatic carbocycles. The van der Waals surface area contributed by atoms with E-state index in [1.54, 1.807) is 48.4 Å². The molecule has 0 unspecified atom stereocenters. The van der Waals surface area contributed by atoms with Crippen molar-refractivity contribution in [1.29, 1.82) is 0 Å². The predicted molar refractivity (Wildman–Crippen MR) is 187 cm³/mol. The Balaban J connectivity index is 1.28. The standard InChI is InChI=1S/C35H43ClN8O6/c1-35(2,3)15-14-31(46)50-32-27(41-17-16-40(21-30(41)45)24-9-11-25(49-4)12-10-24)6-5-7-28(32)42-18-19-43(34(48)33(42)47)29-20-23(36)8-13-26(29)44-22-37-38-39-44/h5-8,13,20,22,24-25H,9-12,14-19,21H2,1-4H3. The van der Waals surface area contributed by atoms with Crippen molar-refractivity contribution in [2.75, 3.05) is 54.5 Å². The number of carbonyl (C=O) groups excluding carboxylic acids is 4. The van der Waals surface area contributed by atoms with E-state index in [0.29, 0.717) is 47.6 Å². The molecule has 0 spiro atoms. The second-order valence-electron chi connectivity index (χ2n) is 14.1. The summed E-state index contributed by atoms with van der Waals surface area (Å²) in [6.45, 7) is 7.54. The lowest BCUT2D eigenvalue weighted by Gasteiger charge is -2.41. The highest BCUT2D eigenvalue weighted by molar-refractivity contribution is 6.46. The molecular formula is C35H43ClN8O6. The molecule has 0 N–H and O–H groups in total. The van der Waals surface area contributed by atoms with Crippen molar-refractivity contribution in [2.24, 2.45) is 5.41 Å². The van der Waals surface area contributed by atoms with Crippen molar-refractivity contribution in [3.05, 3.63) is 47.7 Å². The highest BCUT2D eigenvalue weighted by Crippen LogP contribution is 2.41. The van der Waals surface area contributed by atoms with E-state index in [2.05, 4.69) is 20.4 Å². The summed E-state index contributed by atoms with van der Waals surface area (Å²) in [4.78, 5) is 61.3. The van der Waals surface area contributed by atoms with Gasteiger partial charge in [0.1, 0.15) is 6.33 Å². The summed E-state index contributed by atoms with van der Waals surface area (Å²) in [5.74, 6) is -2.17. The van der Waals surface area contributed by atoms with Crippen LogP contribution in [-0.2, 0) is 23.9 Å². The second kappa shape index (κ2) is 14.8. The number of esters is 1. The first-order valence-electron chi connectivity index (χ1n) is 17.0. The zero-order valence-corrected chi connectivity index (χ0v) is 29.6. The molecule has 1 aliphatic carbocycles. The lowest BCUT2D eigenvalue weighted by Crippen LogP contribution is -2.55. The van der Waals surface area contributed by atoms with Crippen LogP contribution < -0.4 is 19.4 Å². The maximum atomic E-state index is 13.9. The van der Waals surface area contributed by atoms with Crippen molar-refractivity contribution in [1.82, 2.24) is 25.1 Å². The molecule has 50 heavy (non-hydrogen) atoms. The van der Waals surface area contributed by atoms with Crippen molar-refractivity contribution < 1.29 is 28.7 Å². The van der Waals surface area contributed by atoms with Crippen LogP contribution in [0.5, 0.6) is 5.75 Å². The van der Waals surface area contributed by atoms with E-state index in [9.17, 15) is 19.2 Å². The minimum Gasteiger partial charge on any atom is -0.422 e. The number of para-hydroxylation sites is 1. The van der Waals surface area contributed by atoms with Crippen LogP contribution in [0, 0.1) is 5.41 Å². The van der Waals surface area contributed by atoms with Crippen LogP contribution in [-0.4, -0.2) is 101 Å². The van der Waals surface area contributed by atoms with Crippen LogP contribution in [0.4, 0.5) is 17.1 Å². The second-order valence-corrected chi connectivity index (χ2v) is 14.6. The first-order valence-corrected chi connectivity index (χ1v) is 17.4. The normalized spacial score (nSPS) is 20.8. The van der Waals surface area contributed by atoms with E-state index < -0.39 is 17.8 Å². The predicted octanol–water partition coefficient (Wildman–Crippen LogP) is 4.03. The van der Waals surface area contributed by atoms with E-state index in [-0.39, 0.29) is 54.9 Å². The Morgan fingerprint density at radius 2 is 1.54 bits per heavy atom. The van der Waals surface area contributed by atoms with Gasteiger partial charge in [-0.25, -0.2) is 0 Å². The van der Waals surface area contributed by atoms with E-state index in [4.69, 9.17) is 21.1 Å². The van der Waals surface area contributed by atoms with Crippen LogP contribution in [0.25, 0.3) is 5.69 Å². The fourth-order valence-electron chi connectivity index (χ4n) is 6.86. The summed E-state index contributed by atoms with van der Waals surface area (Å²) in [6, 6.07) is 10.3. The molecule has 3 aliphatic rings. The molecule has 0 atom stereocenters. The van der Waals surface area contributed by atoms with Gasteiger partial charge in [-0.05, 0) is 78.3 Å². The van der Waals surface area contributed by atoms with Gasteiger partial charge in [0.2, 0.25) is 5.91 Å². The van der Waals surface area contributed by atoms with Gasteiger partial charge in [-0.2, -0.15) is 4.68 Å². The number of aromatic nitrogens is 4. The summed E-state index contributed by atoms with van der Waals surface area (Å²) in [5.41, 5.74) is 1.34. The Morgan fingerprint density at radius 1 is 0.880 bits per heavy atom. The highest BCUT2D eigenvalue weighted by atomic mass is 35.5. The zero-order chi connectivity index (χ0) is 35.6. The number of rotatable bonds is 9. The number of carbonyl (C=O) groups is 4. The Hall–Kier alpha value is -4.40. The molecule has 0 radical (unpaired) electrons. The van der Waals surface area contributed by atoms with Crippen LogP contribution in [0.15, 0.2) is 42.7 Å². The van der Waals surface area contributed by atoms with Crippen LogP contribution in [0.3, 0.4) is 0 Å². The number of tetrazole rings is 1. The maximum absolute atomic E-state index is 13.9. The number of anilines is 3. The van der Waals surface area contributed by atoms with Crippen LogP contribution >= 0.6 is 11.6 Å². The topological polar surface area (TPSA) is 143 Å². The zero-order valence-electron chi connectivity index (χ0n) is 28.9. The summed E-state index contributed by atoms with van der Waals surface area (Å²) in [6.07, 6.45) is 6.21. The first kappa shape index (κ1) is 35.4. The smallest absolute Gasteiger partial charge is 0.317 e. The molecule has 1 saturated carbocycles. The molecular weight excluding hydrogens is 664 g/mol. The molecule has 0 bridgehead atoms. The van der Waals surface area contributed by atoms with Crippen molar-refractivity contribution in [2.45, 2.75) is 71.4 Å². The third-order valence-corrected chi connectivity index (χ3v) is 9.87. The van der Waals surface area contributed by atoms with Gasteiger partial charge in [0.15, 0.2) is 5.75 Å². The maximum Gasteiger partial charge on any atom is 0.317 e. The molecule has 15 heteroatoms. The minimum atomic E-state index is -0.828. The Kier molecular flexibility index (Phi) is 10.5. The van der Waals surface area contributed by atoms with E-state index in [1.165, 1.54) is 20.8 Å². The summed E-state index contributed by atoms with van der Waals surface area (Å²) >= 11 is 6.31. The Morgan fingerprint density at radius 3 is 2.16 bits per heavy atom. The Bertz CT molecular complexity index is 1740. The molecule has 14 nitrogen and oxygen atoms in total. The van der Waals surface area contributed by atoms with Gasteiger partial charge in [-0.1, -0.05) is 38.4 Å². The van der Waals surface area contributed by atoms with Gasteiger partial charge >= 0.3 is 17.8 Å². The molecule has 2 saturated heterocycles. The van der Waals surface area contributed by atoms with Gasteiger partial charge in [-0.15, -0.1) is 5.10 Å². The third kappa shape index (κ3) is 7.67. The number of nitrogens with zero attached hydrogens (tertiary/aromatic N) is 8. The van der Waals surface area contributed by atoms with E-state index >= 15 is 0 Å². The van der Waals surface area contributed by atoms with Gasteiger partial charge in [0.05, 0.1) is 35.4 Å². The molecule has 1 aromatic heterocycles. The average molecular weight is 707 g/mol. The van der Waals surface area contributed by atoms with Crippen molar-refractivity contribution in [3.8, 4) is 11.4 Å². The van der Waals surface area contributed by atoms with Crippen molar-refractivity contribution in [3.63, 3.8) is 0 Å². The van der Waals surface area contributed by atoms with Gasteiger partial charge in [-0.3, -0.25) is 29.0 Å². The van der Waals surface area contributed by atoms with Crippen LogP contribution in [0.2, 0.25) is 5.02 Å². The molecule has 2 aliphatic heterocycles. The largest absolute Gasteiger partial charge is 0.422 e. The molecule has 3 heterocycles. The fourth-order valence-corrected chi connectivity index (χ4v) is 7.03. The monoisotopic (exact) mass is 706 g/mol. The number of benzene rings is 2. The van der Waals surface area contributed by atoms with Gasteiger partial charge < -0.3 is 19.3 Å². The summed E-state index contributed by atoms with van der Waals surface area (Å²) in [7, 11) is 1.74. The highest BCUT2D eigenvalue weighted by Gasteiger charge is 2.39. The number of ether oxygens (including phenoxy) is 2. The molecule has 266 valence electrons. The molecule has 3 fully saturated rings. The van der Waals surface area contributed by atoms with Gasteiger partial charge in [0.25, 0.3) is 0 Å². The lowest BCUT2D eigenvalue weighted by molar-refractivity contribution is -0.137. The summed E-state index contributed by atoms with van der Waals surface area (Å²) in [5, 5.41) is 11.7. The number of hydrogen-bond donors (Lipinski definition) is 0. The molecule has 3 amide bonds. The number of piperazine rings is 2. The molecule has 6 rings (SSSR count). The van der Waals surface area contributed by atoms with E-state index in [1.807, 2.05) is 20.8 Å². The number of halogens is 1. The molecule has 3 aromatic rings. The Labute approximate surface area is 296 Å². The SMILES string of the molecule is COC1CCC(N2CCN(c3cccc(N4CCN(c5cc(Cl)ccc5-n5cnnn5)C(=O)C4=O)c3OC(=O)CCC(C)(C)C)C(=O)C2)CC1. The average Bonchev–Trinajstić information content (AvgIpc) is 3.64. The third-order valence-electron chi connectivity index (χ3n) is 9.64.